The molecule has 130 valence electrons. The molecule has 3 rings (SSSR count). The van der Waals surface area contributed by atoms with E-state index >= 15 is 0 Å². The summed E-state index contributed by atoms with van der Waals surface area (Å²) in [6.07, 6.45) is 1.62. The third-order valence-corrected chi connectivity index (χ3v) is 6.48. The van der Waals surface area contributed by atoms with Crippen LogP contribution in [0.2, 0.25) is 5.02 Å². The number of hydrogen-bond acceptors (Lipinski definition) is 3. The van der Waals surface area contributed by atoms with Crippen molar-refractivity contribution in [2.75, 3.05) is 39.5 Å². The second-order valence-electron chi connectivity index (χ2n) is 6.43. The Morgan fingerprint density at radius 1 is 1.21 bits per heavy atom. The minimum atomic E-state index is -0.192. The number of nitrogens with zero attached hydrogens (tertiary/aromatic N) is 3. The Bertz CT molecular complexity index is 644. The van der Waals surface area contributed by atoms with Crippen LogP contribution in [0.3, 0.4) is 0 Å². The van der Waals surface area contributed by atoms with Crippen LogP contribution in [0.5, 0.6) is 0 Å². The first-order valence-corrected chi connectivity index (χ1v) is 9.47. The van der Waals surface area contributed by atoms with E-state index < -0.39 is 0 Å². The quantitative estimate of drug-likeness (QED) is 0.766. The SMILES string of the molecule is CN(C)C(=O)N1CCC2(CC1)SCCN2C(=O)c1cccc(Cl)c1. The molecular formula is C17H22ClN3O2S. The lowest BCUT2D eigenvalue weighted by Gasteiger charge is -2.44. The third kappa shape index (κ3) is 3.22. The van der Waals surface area contributed by atoms with Gasteiger partial charge in [-0.1, -0.05) is 17.7 Å². The summed E-state index contributed by atoms with van der Waals surface area (Å²) in [6, 6.07) is 7.17. The minimum absolute atomic E-state index is 0.0369. The number of urea groups is 1. The maximum absolute atomic E-state index is 13.0. The molecule has 0 aliphatic carbocycles. The largest absolute Gasteiger partial charge is 0.331 e. The van der Waals surface area contributed by atoms with Gasteiger partial charge in [-0.05, 0) is 31.0 Å². The Morgan fingerprint density at radius 3 is 2.54 bits per heavy atom. The molecule has 2 aliphatic rings. The van der Waals surface area contributed by atoms with Crippen LogP contribution in [-0.4, -0.2) is 71.0 Å². The number of hydrogen-bond donors (Lipinski definition) is 0. The van der Waals surface area contributed by atoms with Gasteiger partial charge in [0.05, 0.1) is 4.87 Å². The zero-order valence-corrected chi connectivity index (χ0v) is 15.6. The molecule has 0 aromatic heterocycles. The van der Waals surface area contributed by atoms with E-state index in [-0.39, 0.29) is 16.8 Å². The van der Waals surface area contributed by atoms with Crippen molar-refractivity contribution < 1.29 is 9.59 Å². The summed E-state index contributed by atoms with van der Waals surface area (Å²) in [5.41, 5.74) is 0.635. The summed E-state index contributed by atoms with van der Waals surface area (Å²) in [6.45, 7) is 2.12. The maximum Gasteiger partial charge on any atom is 0.319 e. The van der Waals surface area contributed by atoms with Crippen molar-refractivity contribution in [1.82, 2.24) is 14.7 Å². The van der Waals surface area contributed by atoms with Crippen molar-refractivity contribution in [3.63, 3.8) is 0 Å². The topological polar surface area (TPSA) is 43.9 Å². The monoisotopic (exact) mass is 367 g/mol. The van der Waals surface area contributed by atoms with Gasteiger partial charge in [0.25, 0.3) is 5.91 Å². The molecule has 5 nitrogen and oxygen atoms in total. The Morgan fingerprint density at radius 2 is 1.92 bits per heavy atom. The van der Waals surface area contributed by atoms with Crippen molar-refractivity contribution in [2.24, 2.45) is 0 Å². The van der Waals surface area contributed by atoms with E-state index in [1.54, 1.807) is 31.1 Å². The second-order valence-corrected chi connectivity index (χ2v) is 8.32. The van der Waals surface area contributed by atoms with E-state index in [9.17, 15) is 9.59 Å². The summed E-state index contributed by atoms with van der Waals surface area (Å²) in [5, 5.41) is 0.577. The van der Waals surface area contributed by atoms with Gasteiger partial charge in [-0.25, -0.2) is 4.79 Å². The van der Waals surface area contributed by atoms with Crippen molar-refractivity contribution in [1.29, 1.82) is 0 Å². The summed E-state index contributed by atoms with van der Waals surface area (Å²) in [5.74, 6) is 0.975. The fourth-order valence-electron chi connectivity index (χ4n) is 3.42. The van der Waals surface area contributed by atoms with Gasteiger partial charge in [-0.3, -0.25) is 4.79 Å². The fourth-order valence-corrected chi connectivity index (χ4v) is 5.06. The third-order valence-electron chi connectivity index (χ3n) is 4.69. The average molecular weight is 368 g/mol. The lowest BCUT2D eigenvalue weighted by molar-refractivity contribution is 0.0569. The molecule has 0 radical (unpaired) electrons. The van der Waals surface area contributed by atoms with Crippen molar-refractivity contribution >= 4 is 35.3 Å². The van der Waals surface area contributed by atoms with Crippen LogP contribution in [0, 0.1) is 0 Å². The number of benzene rings is 1. The van der Waals surface area contributed by atoms with Gasteiger partial charge in [-0.2, -0.15) is 0 Å². The highest BCUT2D eigenvalue weighted by molar-refractivity contribution is 8.00. The molecule has 7 heteroatoms. The van der Waals surface area contributed by atoms with Crippen LogP contribution in [0.1, 0.15) is 23.2 Å². The summed E-state index contributed by atoms with van der Waals surface area (Å²) in [7, 11) is 3.54. The highest BCUT2D eigenvalue weighted by atomic mass is 35.5. The average Bonchev–Trinajstić information content (AvgIpc) is 2.97. The van der Waals surface area contributed by atoms with Crippen molar-refractivity contribution in [3.05, 3.63) is 34.9 Å². The predicted octanol–water partition coefficient (Wildman–Crippen LogP) is 3.00. The second kappa shape index (κ2) is 6.84. The Labute approximate surface area is 151 Å². The van der Waals surface area contributed by atoms with E-state index in [0.29, 0.717) is 23.7 Å². The van der Waals surface area contributed by atoms with Gasteiger partial charge in [0.1, 0.15) is 0 Å². The van der Waals surface area contributed by atoms with Gasteiger partial charge in [0.2, 0.25) is 0 Å². The molecule has 2 aliphatic heterocycles. The molecule has 0 atom stereocenters. The maximum atomic E-state index is 13.0. The first kappa shape index (κ1) is 17.4. The summed E-state index contributed by atoms with van der Waals surface area (Å²) in [4.78, 5) is 30.4. The van der Waals surface area contributed by atoms with Crippen LogP contribution in [0.15, 0.2) is 24.3 Å². The molecule has 0 unspecified atom stereocenters. The molecule has 1 spiro atoms. The van der Waals surface area contributed by atoms with Gasteiger partial charge >= 0.3 is 6.03 Å². The van der Waals surface area contributed by atoms with Crippen LogP contribution in [0.4, 0.5) is 4.79 Å². The molecule has 2 saturated heterocycles. The van der Waals surface area contributed by atoms with E-state index in [0.717, 1.165) is 25.1 Å². The molecule has 0 bridgehead atoms. The van der Waals surface area contributed by atoms with Crippen LogP contribution in [-0.2, 0) is 0 Å². The Balaban J connectivity index is 1.74. The number of likely N-dealkylation sites (tertiary alicyclic amines) is 1. The standard InChI is InChI=1S/C17H22ClN3O2S/c1-19(2)16(23)20-8-6-17(7-9-20)21(10-11-24-17)15(22)13-4-3-5-14(18)12-13/h3-5,12H,6-11H2,1-2H3. The number of rotatable bonds is 1. The number of piperidine rings is 1. The van der Waals surface area contributed by atoms with Crippen molar-refractivity contribution in [3.8, 4) is 0 Å². The molecule has 0 N–H and O–H groups in total. The van der Waals surface area contributed by atoms with E-state index in [4.69, 9.17) is 11.6 Å². The van der Waals surface area contributed by atoms with Gasteiger partial charge in [0.15, 0.2) is 0 Å². The molecule has 2 heterocycles. The van der Waals surface area contributed by atoms with E-state index in [2.05, 4.69) is 0 Å². The normalized spacial score (nSPS) is 19.6. The number of carbonyl (C=O) groups excluding carboxylic acids is 2. The summed E-state index contributed by atoms with van der Waals surface area (Å²) >= 11 is 7.88. The van der Waals surface area contributed by atoms with E-state index in [1.807, 2.05) is 33.7 Å². The Kier molecular flexibility index (Phi) is 4.97. The zero-order valence-electron chi connectivity index (χ0n) is 14.0. The molecule has 2 fully saturated rings. The molecule has 1 aromatic rings. The van der Waals surface area contributed by atoms with E-state index in [1.165, 1.54) is 0 Å². The van der Waals surface area contributed by atoms with Gasteiger partial charge < -0.3 is 14.7 Å². The smallest absolute Gasteiger partial charge is 0.319 e. The number of thioether (sulfide) groups is 1. The Hall–Kier alpha value is -1.40. The van der Waals surface area contributed by atoms with Gasteiger partial charge in [-0.15, -0.1) is 11.8 Å². The molecule has 1 aromatic carbocycles. The van der Waals surface area contributed by atoms with Crippen LogP contribution < -0.4 is 0 Å². The lowest BCUT2D eigenvalue weighted by atomic mass is 10.0. The minimum Gasteiger partial charge on any atom is -0.331 e. The highest BCUT2D eigenvalue weighted by Gasteiger charge is 2.47. The molecule has 3 amide bonds. The number of halogens is 1. The first-order valence-electron chi connectivity index (χ1n) is 8.11. The van der Waals surface area contributed by atoms with Crippen molar-refractivity contribution in [2.45, 2.75) is 17.7 Å². The van der Waals surface area contributed by atoms with Crippen LogP contribution >= 0.6 is 23.4 Å². The number of amides is 3. The fraction of sp³-hybridized carbons (Fsp3) is 0.529. The first-order chi connectivity index (χ1) is 11.4. The zero-order chi connectivity index (χ0) is 17.3. The number of carbonyl (C=O) groups is 2. The van der Waals surface area contributed by atoms with Crippen LogP contribution in [0.25, 0.3) is 0 Å². The molecular weight excluding hydrogens is 346 g/mol. The van der Waals surface area contributed by atoms with Gasteiger partial charge in [0, 0.05) is 50.1 Å². The summed E-state index contributed by atoms with van der Waals surface area (Å²) < 4.78 is 0. The highest BCUT2D eigenvalue weighted by Crippen LogP contribution is 2.44. The predicted molar refractivity (Wildman–Crippen MR) is 97.6 cm³/mol. The molecule has 24 heavy (non-hydrogen) atoms. The molecule has 0 saturated carbocycles. The lowest BCUT2D eigenvalue weighted by Crippen LogP contribution is -2.54.